The minimum absolute atomic E-state index is 0.344. The van der Waals surface area contributed by atoms with E-state index in [0.29, 0.717) is 23.0 Å². The second-order valence-electron chi connectivity index (χ2n) is 3.77. The predicted molar refractivity (Wildman–Crippen MR) is 69.6 cm³/mol. The zero-order chi connectivity index (χ0) is 13.1. The highest BCUT2D eigenvalue weighted by molar-refractivity contribution is 6.30. The van der Waals surface area contributed by atoms with Gasteiger partial charge >= 0.3 is 5.97 Å². The van der Waals surface area contributed by atoms with Gasteiger partial charge in [0.25, 0.3) is 0 Å². The lowest BCUT2D eigenvalue weighted by Gasteiger charge is -1.99. The molecule has 0 amide bonds. The minimum Gasteiger partial charge on any atom is -0.461 e. The zero-order valence-electron chi connectivity index (χ0n) is 10.2. The Morgan fingerprint density at radius 1 is 1.44 bits per heavy atom. The van der Waals surface area contributed by atoms with Crippen LogP contribution in [-0.2, 0) is 11.8 Å². The molecule has 4 nitrogen and oxygen atoms in total. The first kappa shape index (κ1) is 12.6. The van der Waals surface area contributed by atoms with Gasteiger partial charge in [-0.25, -0.2) is 4.79 Å². The molecule has 2 aromatic rings. The molecule has 0 fully saturated rings. The monoisotopic (exact) mass is 264 g/mol. The van der Waals surface area contributed by atoms with Crippen LogP contribution in [0.3, 0.4) is 0 Å². The number of hydrogen-bond donors (Lipinski definition) is 0. The number of hydrogen-bond acceptors (Lipinski definition) is 3. The Morgan fingerprint density at radius 3 is 2.89 bits per heavy atom. The molecule has 0 spiro atoms. The maximum atomic E-state index is 11.7. The van der Waals surface area contributed by atoms with Crippen molar-refractivity contribution >= 4 is 17.6 Å². The number of aromatic nitrogens is 2. The van der Waals surface area contributed by atoms with Crippen LogP contribution < -0.4 is 0 Å². The Morgan fingerprint density at radius 2 is 2.22 bits per heavy atom. The summed E-state index contributed by atoms with van der Waals surface area (Å²) in [5, 5.41) is 4.92. The highest BCUT2D eigenvalue weighted by atomic mass is 35.5. The molecule has 1 aromatic carbocycles. The molecule has 0 bridgehead atoms. The van der Waals surface area contributed by atoms with Crippen LogP contribution in [0.4, 0.5) is 0 Å². The number of nitrogens with zero attached hydrogens (tertiary/aromatic N) is 2. The smallest absolute Gasteiger partial charge is 0.356 e. The van der Waals surface area contributed by atoms with Crippen molar-refractivity contribution in [1.29, 1.82) is 0 Å². The van der Waals surface area contributed by atoms with Crippen molar-refractivity contribution in [3.8, 4) is 11.3 Å². The molecule has 0 saturated carbocycles. The van der Waals surface area contributed by atoms with Gasteiger partial charge in [-0.05, 0) is 25.1 Å². The zero-order valence-corrected chi connectivity index (χ0v) is 10.9. The van der Waals surface area contributed by atoms with Crippen molar-refractivity contribution in [2.45, 2.75) is 6.92 Å². The molecule has 18 heavy (non-hydrogen) atoms. The molecule has 0 unspecified atom stereocenters. The van der Waals surface area contributed by atoms with Crippen LogP contribution >= 0.6 is 11.6 Å². The number of benzene rings is 1. The number of halogens is 1. The lowest BCUT2D eigenvalue weighted by molar-refractivity contribution is 0.0513. The summed E-state index contributed by atoms with van der Waals surface area (Å²) in [7, 11) is 1.71. The summed E-state index contributed by atoms with van der Waals surface area (Å²) in [4.78, 5) is 11.7. The standard InChI is InChI=1S/C13H13ClN2O2/c1-3-18-13(17)12-8-11(15-16(12)2)9-5-4-6-10(14)7-9/h4-8H,3H2,1-2H3. The first-order chi connectivity index (χ1) is 8.61. The van der Waals surface area contributed by atoms with Gasteiger partial charge in [0.2, 0.25) is 0 Å². The highest BCUT2D eigenvalue weighted by Crippen LogP contribution is 2.22. The largest absolute Gasteiger partial charge is 0.461 e. The van der Waals surface area contributed by atoms with Crippen LogP contribution in [0.1, 0.15) is 17.4 Å². The number of carbonyl (C=O) groups excluding carboxylic acids is 1. The van der Waals surface area contributed by atoms with Crippen molar-refractivity contribution in [2.24, 2.45) is 7.05 Å². The molecule has 1 aromatic heterocycles. The highest BCUT2D eigenvalue weighted by Gasteiger charge is 2.15. The third kappa shape index (κ3) is 2.54. The number of carbonyl (C=O) groups is 1. The topological polar surface area (TPSA) is 44.1 Å². The van der Waals surface area contributed by atoms with Gasteiger partial charge in [0.15, 0.2) is 0 Å². The van der Waals surface area contributed by atoms with Crippen molar-refractivity contribution in [3.05, 3.63) is 41.0 Å². The van der Waals surface area contributed by atoms with Gasteiger partial charge in [-0.2, -0.15) is 5.10 Å². The molecule has 0 saturated heterocycles. The predicted octanol–water partition coefficient (Wildman–Crippen LogP) is 2.92. The van der Waals surface area contributed by atoms with Gasteiger partial charge in [-0.3, -0.25) is 4.68 Å². The van der Waals surface area contributed by atoms with E-state index in [9.17, 15) is 4.79 Å². The van der Waals surface area contributed by atoms with Gasteiger partial charge in [0, 0.05) is 17.6 Å². The molecule has 1 heterocycles. The van der Waals surface area contributed by atoms with Crippen molar-refractivity contribution in [2.75, 3.05) is 6.61 Å². The van der Waals surface area contributed by atoms with Gasteiger partial charge in [0.05, 0.1) is 12.3 Å². The fraction of sp³-hybridized carbons (Fsp3) is 0.231. The Balaban J connectivity index is 2.37. The average Bonchev–Trinajstić information content (AvgIpc) is 2.72. The summed E-state index contributed by atoms with van der Waals surface area (Å²) < 4.78 is 6.46. The van der Waals surface area contributed by atoms with E-state index in [4.69, 9.17) is 16.3 Å². The van der Waals surface area contributed by atoms with E-state index < -0.39 is 0 Å². The first-order valence-electron chi connectivity index (χ1n) is 5.59. The fourth-order valence-electron chi connectivity index (χ4n) is 1.65. The van der Waals surface area contributed by atoms with E-state index in [1.165, 1.54) is 4.68 Å². The summed E-state index contributed by atoms with van der Waals surface area (Å²) in [6, 6.07) is 9.03. The Hall–Kier alpha value is -1.81. The van der Waals surface area contributed by atoms with Gasteiger partial charge in [0.1, 0.15) is 5.69 Å². The van der Waals surface area contributed by atoms with Crippen molar-refractivity contribution in [3.63, 3.8) is 0 Å². The van der Waals surface area contributed by atoms with Crippen molar-refractivity contribution < 1.29 is 9.53 Å². The van der Waals surface area contributed by atoms with Crippen LogP contribution in [0.15, 0.2) is 30.3 Å². The molecule has 0 atom stereocenters. The maximum absolute atomic E-state index is 11.7. The van der Waals surface area contributed by atoms with Crippen LogP contribution in [0.2, 0.25) is 5.02 Å². The molecule has 0 aliphatic carbocycles. The summed E-state index contributed by atoms with van der Waals surface area (Å²) in [6.45, 7) is 2.11. The summed E-state index contributed by atoms with van der Waals surface area (Å²) in [5.41, 5.74) is 1.99. The van der Waals surface area contributed by atoms with Crippen LogP contribution in [0.25, 0.3) is 11.3 Å². The Bertz CT molecular complexity index is 578. The second kappa shape index (κ2) is 5.23. The van der Waals surface area contributed by atoms with E-state index in [1.54, 1.807) is 32.2 Å². The summed E-state index contributed by atoms with van der Waals surface area (Å²) in [6.07, 6.45) is 0. The molecular weight excluding hydrogens is 252 g/mol. The fourth-order valence-corrected chi connectivity index (χ4v) is 1.84. The average molecular weight is 265 g/mol. The quantitative estimate of drug-likeness (QED) is 0.801. The van der Waals surface area contributed by atoms with Crippen LogP contribution in [0.5, 0.6) is 0 Å². The number of rotatable bonds is 3. The van der Waals surface area contributed by atoms with Gasteiger partial charge in [-0.15, -0.1) is 0 Å². The van der Waals surface area contributed by atoms with Gasteiger partial charge in [-0.1, -0.05) is 23.7 Å². The van der Waals surface area contributed by atoms with Crippen LogP contribution in [-0.4, -0.2) is 22.4 Å². The second-order valence-corrected chi connectivity index (χ2v) is 4.21. The Labute approximate surface area is 110 Å². The van der Waals surface area contributed by atoms with E-state index in [-0.39, 0.29) is 5.97 Å². The molecular formula is C13H13ClN2O2. The SMILES string of the molecule is CCOC(=O)c1cc(-c2cccc(Cl)c2)nn1C. The molecule has 2 rings (SSSR count). The third-order valence-corrected chi connectivity index (χ3v) is 2.72. The van der Waals surface area contributed by atoms with Crippen molar-refractivity contribution in [1.82, 2.24) is 9.78 Å². The minimum atomic E-state index is -0.374. The van der Waals surface area contributed by atoms with E-state index in [2.05, 4.69) is 5.10 Å². The molecule has 0 N–H and O–H groups in total. The van der Waals surface area contributed by atoms with Gasteiger partial charge < -0.3 is 4.74 Å². The lowest BCUT2D eigenvalue weighted by atomic mass is 10.1. The molecule has 0 aliphatic rings. The summed E-state index contributed by atoms with van der Waals surface area (Å²) in [5.74, 6) is -0.374. The summed E-state index contributed by atoms with van der Waals surface area (Å²) >= 11 is 5.93. The maximum Gasteiger partial charge on any atom is 0.356 e. The number of esters is 1. The number of ether oxygens (including phenoxy) is 1. The van der Waals surface area contributed by atoms with Crippen LogP contribution in [0, 0.1) is 0 Å². The first-order valence-corrected chi connectivity index (χ1v) is 5.96. The normalized spacial score (nSPS) is 10.4. The number of aryl methyl sites for hydroxylation is 1. The Kier molecular flexibility index (Phi) is 3.67. The molecule has 94 valence electrons. The molecule has 0 radical (unpaired) electrons. The lowest BCUT2D eigenvalue weighted by Crippen LogP contribution is -2.10. The molecule has 5 heteroatoms. The van der Waals surface area contributed by atoms with E-state index >= 15 is 0 Å². The molecule has 0 aliphatic heterocycles. The van der Waals surface area contributed by atoms with E-state index in [0.717, 1.165) is 5.56 Å². The third-order valence-electron chi connectivity index (χ3n) is 2.48. The van der Waals surface area contributed by atoms with E-state index in [1.807, 2.05) is 12.1 Å².